The van der Waals surface area contributed by atoms with Crippen molar-refractivity contribution in [3.8, 4) is 0 Å². The Kier molecular flexibility index (Phi) is 14.2. The molecule has 0 aliphatic rings. The van der Waals surface area contributed by atoms with Crippen LogP contribution in [0, 0.1) is 0 Å². The normalized spacial score (nSPS) is 8.28. The summed E-state index contributed by atoms with van der Waals surface area (Å²) in [4.78, 5) is 11.2. The molecule has 0 radical (unpaired) electrons. The van der Waals surface area contributed by atoms with Gasteiger partial charge in [0.1, 0.15) is 0 Å². The highest BCUT2D eigenvalue weighted by atomic mass is 16.1. The highest BCUT2D eigenvalue weighted by Gasteiger charge is 1.99. The number of nitrogen functional groups attached to an aromatic ring is 1. The van der Waals surface area contributed by atoms with Crippen molar-refractivity contribution in [2.24, 2.45) is 0 Å². The molecule has 0 heterocycles. The maximum atomic E-state index is 11.2. The highest BCUT2D eigenvalue weighted by molar-refractivity contribution is 5.90. The summed E-state index contributed by atoms with van der Waals surface area (Å²) in [6.45, 7) is 10.2. The van der Waals surface area contributed by atoms with Crippen LogP contribution in [0.2, 0.25) is 0 Å². The summed E-state index contributed by atoms with van der Waals surface area (Å²) in [5, 5.41) is 2.78. The number of amides is 1. The number of benzene rings is 1. The van der Waals surface area contributed by atoms with Crippen molar-refractivity contribution in [2.45, 2.75) is 53.9 Å². The average Bonchev–Trinajstić information content (AvgIpc) is 2.36. The molecule has 104 valence electrons. The molecule has 1 aromatic rings. The maximum Gasteiger partial charge on any atom is 0.224 e. The fraction of sp³-hybridized carbons (Fsp3) is 0.533. The molecule has 0 saturated carbocycles. The Labute approximate surface area is 112 Å². The molecule has 0 aliphatic carbocycles. The van der Waals surface area contributed by atoms with E-state index < -0.39 is 0 Å². The van der Waals surface area contributed by atoms with Gasteiger partial charge in [-0.05, 0) is 30.7 Å². The molecule has 18 heavy (non-hydrogen) atoms. The van der Waals surface area contributed by atoms with Crippen LogP contribution < -0.4 is 11.1 Å². The third kappa shape index (κ3) is 11.0. The largest absolute Gasteiger partial charge is 0.399 e. The lowest BCUT2D eigenvalue weighted by atomic mass is 10.2. The van der Waals surface area contributed by atoms with Crippen molar-refractivity contribution in [1.29, 1.82) is 0 Å². The van der Waals surface area contributed by atoms with Gasteiger partial charge in [-0.15, -0.1) is 0 Å². The number of hydrogen-bond acceptors (Lipinski definition) is 2. The number of rotatable bonds is 3. The van der Waals surface area contributed by atoms with Crippen molar-refractivity contribution < 1.29 is 4.79 Å². The van der Waals surface area contributed by atoms with E-state index in [1.165, 1.54) is 6.42 Å². The molecule has 0 spiro atoms. The van der Waals surface area contributed by atoms with E-state index in [-0.39, 0.29) is 5.91 Å². The zero-order valence-corrected chi connectivity index (χ0v) is 12.4. The minimum absolute atomic E-state index is 0.0484. The molecule has 0 aliphatic heterocycles. The van der Waals surface area contributed by atoms with Crippen LogP contribution in [0.5, 0.6) is 0 Å². The molecular formula is C15H28N2O. The van der Waals surface area contributed by atoms with Crippen molar-refractivity contribution >= 4 is 17.3 Å². The predicted molar refractivity (Wildman–Crippen MR) is 81.7 cm³/mol. The second-order valence-corrected chi connectivity index (χ2v) is 3.63. The third-order valence-electron chi connectivity index (χ3n) is 1.67. The van der Waals surface area contributed by atoms with E-state index in [4.69, 9.17) is 5.73 Å². The van der Waals surface area contributed by atoms with Gasteiger partial charge in [0.05, 0.1) is 0 Å². The van der Waals surface area contributed by atoms with E-state index in [1.807, 2.05) is 20.8 Å². The molecule has 0 bridgehead atoms. The van der Waals surface area contributed by atoms with Crippen LogP contribution in [-0.4, -0.2) is 5.91 Å². The lowest BCUT2D eigenvalue weighted by molar-refractivity contribution is -0.116. The van der Waals surface area contributed by atoms with Crippen molar-refractivity contribution in [1.82, 2.24) is 0 Å². The van der Waals surface area contributed by atoms with Crippen LogP contribution in [-0.2, 0) is 4.79 Å². The first-order valence-electron chi connectivity index (χ1n) is 6.79. The zero-order chi connectivity index (χ0) is 14.4. The molecular weight excluding hydrogens is 224 g/mol. The van der Waals surface area contributed by atoms with Crippen LogP contribution >= 0.6 is 0 Å². The van der Waals surface area contributed by atoms with Gasteiger partial charge in [-0.25, -0.2) is 0 Å². The average molecular weight is 252 g/mol. The monoisotopic (exact) mass is 252 g/mol. The van der Waals surface area contributed by atoms with Gasteiger partial charge in [0.15, 0.2) is 0 Å². The summed E-state index contributed by atoms with van der Waals surface area (Å²) in [6.07, 6.45) is 2.67. The van der Waals surface area contributed by atoms with Gasteiger partial charge in [0.25, 0.3) is 0 Å². The van der Waals surface area contributed by atoms with E-state index in [9.17, 15) is 4.79 Å². The number of nitrogens with one attached hydrogen (secondary N) is 1. The third-order valence-corrected chi connectivity index (χ3v) is 1.67. The second-order valence-electron chi connectivity index (χ2n) is 3.63. The van der Waals surface area contributed by atoms with Gasteiger partial charge >= 0.3 is 0 Å². The fourth-order valence-corrected chi connectivity index (χ4v) is 1.02. The Hall–Kier alpha value is -1.51. The number of carbonyl (C=O) groups is 1. The maximum absolute atomic E-state index is 11.2. The number of nitrogens with two attached hydrogens (primary N) is 1. The lowest BCUT2D eigenvalue weighted by Crippen LogP contribution is -2.10. The molecule has 0 unspecified atom stereocenters. The van der Waals surface area contributed by atoms with E-state index >= 15 is 0 Å². The topological polar surface area (TPSA) is 55.1 Å². The summed E-state index contributed by atoms with van der Waals surface area (Å²) in [7, 11) is 0. The first-order valence-corrected chi connectivity index (χ1v) is 6.79. The quantitative estimate of drug-likeness (QED) is 0.781. The number of hydrogen-bond donors (Lipinski definition) is 2. The van der Waals surface area contributed by atoms with Gasteiger partial charge in [0.2, 0.25) is 5.91 Å². The SMILES string of the molecule is CC.CCC.CCCC(=O)Nc1ccc(N)cc1. The van der Waals surface area contributed by atoms with Crippen LogP contribution in [0.4, 0.5) is 11.4 Å². The Morgan fingerprint density at radius 2 is 1.56 bits per heavy atom. The standard InChI is InChI=1S/C10H14N2O.C3H8.C2H6/c1-2-3-10(13)12-9-6-4-8(11)5-7-9;1-3-2;1-2/h4-7H,2-3,11H2,1H3,(H,12,13);3H2,1-2H3;1-2H3. The zero-order valence-electron chi connectivity index (χ0n) is 12.4. The summed E-state index contributed by atoms with van der Waals surface area (Å²) < 4.78 is 0. The minimum Gasteiger partial charge on any atom is -0.399 e. The van der Waals surface area contributed by atoms with Crippen molar-refractivity contribution in [2.75, 3.05) is 11.1 Å². The molecule has 1 amide bonds. The van der Waals surface area contributed by atoms with Crippen LogP contribution in [0.15, 0.2) is 24.3 Å². The summed E-state index contributed by atoms with van der Waals surface area (Å²) in [5.41, 5.74) is 7.00. The Balaban J connectivity index is 0. The molecule has 1 aromatic carbocycles. The number of carbonyl (C=O) groups excluding carboxylic acids is 1. The summed E-state index contributed by atoms with van der Waals surface area (Å²) in [6, 6.07) is 7.12. The minimum atomic E-state index is 0.0484. The van der Waals surface area contributed by atoms with E-state index in [0.29, 0.717) is 12.1 Å². The lowest BCUT2D eigenvalue weighted by Gasteiger charge is -2.03. The Morgan fingerprint density at radius 1 is 1.11 bits per heavy atom. The smallest absolute Gasteiger partial charge is 0.224 e. The Bertz CT molecular complexity index is 294. The van der Waals surface area contributed by atoms with Crippen molar-refractivity contribution in [3.63, 3.8) is 0 Å². The first kappa shape index (κ1) is 18.8. The molecule has 0 atom stereocenters. The molecule has 0 fully saturated rings. The predicted octanol–water partition coefficient (Wildman–Crippen LogP) is 4.45. The molecule has 3 heteroatoms. The van der Waals surface area contributed by atoms with E-state index in [2.05, 4.69) is 19.2 Å². The first-order chi connectivity index (χ1) is 8.63. The molecule has 0 saturated heterocycles. The molecule has 1 rings (SSSR count). The Morgan fingerprint density at radius 3 is 1.94 bits per heavy atom. The van der Waals surface area contributed by atoms with Gasteiger partial charge < -0.3 is 11.1 Å². The summed E-state index contributed by atoms with van der Waals surface area (Å²) >= 11 is 0. The highest BCUT2D eigenvalue weighted by Crippen LogP contribution is 2.10. The van der Waals surface area contributed by atoms with Gasteiger partial charge in [-0.1, -0.05) is 41.0 Å². The fourth-order valence-electron chi connectivity index (χ4n) is 1.02. The van der Waals surface area contributed by atoms with E-state index in [0.717, 1.165) is 12.1 Å². The summed E-state index contributed by atoms with van der Waals surface area (Å²) in [5.74, 6) is 0.0484. The van der Waals surface area contributed by atoms with Gasteiger partial charge in [0, 0.05) is 17.8 Å². The van der Waals surface area contributed by atoms with Crippen LogP contribution in [0.1, 0.15) is 53.9 Å². The molecule has 3 nitrogen and oxygen atoms in total. The molecule has 0 aromatic heterocycles. The van der Waals surface area contributed by atoms with Crippen LogP contribution in [0.25, 0.3) is 0 Å². The van der Waals surface area contributed by atoms with Gasteiger partial charge in [-0.2, -0.15) is 0 Å². The van der Waals surface area contributed by atoms with Gasteiger partial charge in [-0.3, -0.25) is 4.79 Å². The number of anilines is 2. The van der Waals surface area contributed by atoms with Crippen molar-refractivity contribution in [3.05, 3.63) is 24.3 Å². The second kappa shape index (κ2) is 13.6. The molecule has 3 N–H and O–H groups in total. The van der Waals surface area contributed by atoms with E-state index in [1.54, 1.807) is 24.3 Å². The van der Waals surface area contributed by atoms with Crippen LogP contribution in [0.3, 0.4) is 0 Å².